The van der Waals surface area contributed by atoms with E-state index in [1.165, 1.54) is 7.11 Å². The van der Waals surface area contributed by atoms with E-state index in [1.54, 1.807) is 0 Å². The van der Waals surface area contributed by atoms with Crippen molar-refractivity contribution in [3.63, 3.8) is 0 Å². The van der Waals surface area contributed by atoms with Gasteiger partial charge in [-0.15, -0.1) is 0 Å². The quantitative estimate of drug-likeness (QED) is 0.688. The zero-order valence-electron chi connectivity index (χ0n) is 9.17. The maximum Gasteiger partial charge on any atom is 0.246 e. The third-order valence-corrected chi connectivity index (χ3v) is 2.68. The molecule has 1 saturated heterocycles. The highest BCUT2D eigenvalue weighted by atomic mass is 16.5. The largest absolute Gasteiger partial charge is 0.375 e. The number of rotatable bonds is 3. The number of hydrogen-bond donors (Lipinski definition) is 2. The molecule has 1 aliphatic heterocycles. The number of hydrogen-bond acceptors (Lipinski definition) is 3. The van der Waals surface area contributed by atoms with Crippen LogP contribution in [-0.2, 0) is 9.53 Å². The Kier molecular flexibility index (Phi) is 4.35. The first-order valence-electron chi connectivity index (χ1n) is 5.18. The van der Waals surface area contributed by atoms with E-state index in [0.717, 1.165) is 12.8 Å². The molecule has 4 nitrogen and oxygen atoms in total. The number of carbonyl (C=O) groups is 1. The Bertz CT molecular complexity index is 197. The molecule has 0 spiro atoms. The van der Waals surface area contributed by atoms with Crippen LogP contribution in [0, 0.1) is 0 Å². The molecule has 0 aromatic carbocycles. The number of carbonyl (C=O) groups excluding carboxylic acids is 1. The summed E-state index contributed by atoms with van der Waals surface area (Å²) >= 11 is 0. The van der Waals surface area contributed by atoms with Gasteiger partial charge in [-0.1, -0.05) is 0 Å². The molecular formula is C10H20N2O2. The maximum absolute atomic E-state index is 11.3. The normalized spacial score (nSPS) is 32.6. The van der Waals surface area contributed by atoms with Gasteiger partial charge in [-0.25, -0.2) is 0 Å². The lowest BCUT2D eigenvalue weighted by Crippen LogP contribution is -2.55. The van der Waals surface area contributed by atoms with E-state index >= 15 is 0 Å². The standard InChI is InChI=1S/C10H20N2O2/c1-7-4-5-9(8(2)11-7)12-10(13)6-14-3/h7-9,11H,4-6H2,1-3H3,(H,12,13). The van der Waals surface area contributed by atoms with Gasteiger partial charge in [0.2, 0.25) is 5.91 Å². The molecule has 1 rings (SSSR count). The molecule has 0 bridgehead atoms. The molecule has 1 aliphatic rings. The predicted molar refractivity (Wildman–Crippen MR) is 55.1 cm³/mol. The topological polar surface area (TPSA) is 50.4 Å². The van der Waals surface area contributed by atoms with Gasteiger partial charge in [0.25, 0.3) is 0 Å². The monoisotopic (exact) mass is 200 g/mol. The van der Waals surface area contributed by atoms with Crippen molar-refractivity contribution < 1.29 is 9.53 Å². The van der Waals surface area contributed by atoms with E-state index in [1.807, 2.05) is 0 Å². The fourth-order valence-electron chi connectivity index (χ4n) is 1.90. The van der Waals surface area contributed by atoms with E-state index < -0.39 is 0 Å². The van der Waals surface area contributed by atoms with Crippen LogP contribution >= 0.6 is 0 Å². The average Bonchev–Trinajstić information content (AvgIpc) is 2.10. The van der Waals surface area contributed by atoms with Crippen molar-refractivity contribution in [2.24, 2.45) is 0 Å². The number of ether oxygens (including phenoxy) is 1. The van der Waals surface area contributed by atoms with Gasteiger partial charge in [-0.05, 0) is 26.7 Å². The van der Waals surface area contributed by atoms with Crippen LogP contribution < -0.4 is 10.6 Å². The van der Waals surface area contributed by atoms with Crippen LogP contribution in [0.25, 0.3) is 0 Å². The van der Waals surface area contributed by atoms with Crippen molar-refractivity contribution in [1.29, 1.82) is 0 Å². The predicted octanol–water partition coefficient (Wildman–Crippen LogP) is 0.278. The molecule has 0 aromatic rings. The molecule has 0 aromatic heterocycles. The Morgan fingerprint density at radius 2 is 2.21 bits per heavy atom. The van der Waals surface area contributed by atoms with Gasteiger partial charge in [0.15, 0.2) is 0 Å². The maximum atomic E-state index is 11.3. The molecule has 0 aliphatic carbocycles. The first-order chi connectivity index (χ1) is 6.63. The number of piperidine rings is 1. The summed E-state index contributed by atoms with van der Waals surface area (Å²) in [5.74, 6) is -0.0271. The summed E-state index contributed by atoms with van der Waals surface area (Å²) in [5, 5.41) is 6.38. The molecule has 3 atom stereocenters. The van der Waals surface area contributed by atoms with Gasteiger partial charge >= 0.3 is 0 Å². The summed E-state index contributed by atoms with van der Waals surface area (Å²) in [5.41, 5.74) is 0. The van der Waals surface area contributed by atoms with Crippen LogP contribution in [0.3, 0.4) is 0 Å². The van der Waals surface area contributed by atoms with Gasteiger partial charge in [-0.2, -0.15) is 0 Å². The Balaban J connectivity index is 2.33. The number of nitrogens with one attached hydrogen (secondary N) is 2. The number of amides is 1. The summed E-state index contributed by atoms with van der Waals surface area (Å²) in [6.45, 7) is 4.43. The van der Waals surface area contributed by atoms with E-state index in [2.05, 4.69) is 24.5 Å². The lowest BCUT2D eigenvalue weighted by Gasteiger charge is -2.34. The number of methoxy groups -OCH3 is 1. The van der Waals surface area contributed by atoms with Crippen molar-refractivity contribution >= 4 is 5.91 Å². The van der Waals surface area contributed by atoms with Crippen molar-refractivity contribution in [1.82, 2.24) is 10.6 Å². The van der Waals surface area contributed by atoms with E-state index in [9.17, 15) is 4.79 Å². The second-order valence-corrected chi connectivity index (χ2v) is 4.04. The molecule has 82 valence electrons. The van der Waals surface area contributed by atoms with Crippen LogP contribution in [0.4, 0.5) is 0 Å². The Labute approximate surface area is 85.4 Å². The van der Waals surface area contributed by atoms with Crippen LogP contribution in [-0.4, -0.2) is 37.7 Å². The van der Waals surface area contributed by atoms with E-state index in [0.29, 0.717) is 12.1 Å². The first-order valence-corrected chi connectivity index (χ1v) is 5.18. The van der Waals surface area contributed by atoms with Crippen LogP contribution in [0.15, 0.2) is 0 Å². The first kappa shape index (κ1) is 11.5. The zero-order chi connectivity index (χ0) is 10.6. The summed E-state index contributed by atoms with van der Waals surface area (Å²) in [7, 11) is 1.53. The minimum atomic E-state index is -0.0271. The SMILES string of the molecule is COCC(=O)NC1CCC(C)NC1C. The fraction of sp³-hybridized carbons (Fsp3) is 0.900. The Morgan fingerprint density at radius 1 is 1.50 bits per heavy atom. The summed E-state index contributed by atoms with van der Waals surface area (Å²) < 4.78 is 4.77. The molecule has 1 amide bonds. The Hall–Kier alpha value is -0.610. The van der Waals surface area contributed by atoms with Crippen molar-refractivity contribution in [3.8, 4) is 0 Å². The lowest BCUT2D eigenvalue weighted by atomic mass is 9.95. The van der Waals surface area contributed by atoms with Crippen LogP contribution in [0.1, 0.15) is 26.7 Å². The lowest BCUT2D eigenvalue weighted by molar-refractivity contribution is -0.125. The van der Waals surface area contributed by atoms with Gasteiger partial charge in [0.1, 0.15) is 6.61 Å². The molecule has 1 heterocycles. The van der Waals surface area contributed by atoms with Gasteiger partial charge in [0, 0.05) is 25.2 Å². The van der Waals surface area contributed by atoms with E-state index in [4.69, 9.17) is 4.74 Å². The Morgan fingerprint density at radius 3 is 2.79 bits per heavy atom. The van der Waals surface area contributed by atoms with E-state index in [-0.39, 0.29) is 18.6 Å². The smallest absolute Gasteiger partial charge is 0.246 e. The average molecular weight is 200 g/mol. The van der Waals surface area contributed by atoms with Crippen molar-refractivity contribution in [2.45, 2.75) is 44.8 Å². The zero-order valence-corrected chi connectivity index (χ0v) is 9.17. The second kappa shape index (κ2) is 5.32. The molecule has 0 saturated carbocycles. The fourth-order valence-corrected chi connectivity index (χ4v) is 1.90. The summed E-state index contributed by atoms with van der Waals surface area (Å²) in [6.07, 6.45) is 2.16. The molecular weight excluding hydrogens is 180 g/mol. The van der Waals surface area contributed by atoms with Gasteiger partial charge in [0.05, 0.1) is 0 Å². The molecule has 14 heavy (non-hydrogen) atoms. The van der Waals surface area contributed by atoms with Crippen LogP contribution in [0.2, 0.25) is 0 Å². The third-order valence-electron chi connectivity index (χ3n) is 2.68. The molecule has 3 unspecified atom stereocenters. The van der Waals surface area contributed by atoms with Crippen LogP contribution in [0.5, 0.6) is 0 Å². The van der Waals surface area contributed by atoms with Gasteiger partial charge in [-0.3, -0.25) is 4.79 Å². The summed E-state index contributed by atoms with van der Waals surface area (Å²) in [4.78, 5) is 11.3. The highest BCUT2D eigenvalue weighted by Crippen LogP contribution is 2.12. The third kappa shape index (κ3) is 3.27. The highest BCUT2D eigenvalue weighted by molar-refractivity contribution is 5.77. The molecule has 2 N–H and O–H groups in total. The molecule has 1 fully saturated rings. The highest BCUT2D eigenvalue weighted by Gasteiger charge is 2.25. The minimum Gasteiger partial charge on any atom is -0.375 e. The van der Waals surface area contributed by atoms with Crippen molar-refractivity contribution in [2.75, 3.05) is 13.7 Å². The minimum absolute atomic E-state index is 0.0271. The van der Waals surface area contributed by atoms with Crippen molar-refractivity contribution in [3.05, 3.63) is 0 Å². The summed E-state index contributed by atoms with van der Waals surface area (Å²) in [6, 6.07) is 1.15. The van der Waals surface area contributed by atoms with Gasteiger partial charge < -0.3 is 15.4 Å². The molecule has 0 radical (unpaired) electrons. The second-order valence-electron chi connectivity index (χ2n) is 4.04. The molecule has 4 heteroatoms.